The summed E-state index contributed by atoms with van der Waals surface area (Å²) in [5, 5.41) is 18.7. The Hall–Kier alpha value is -1.59. The largest absolute Gasteiger partial charge is 0.411 e. The monoisotopic (exact) mass is 187 g/mol. The van der Waals surface area contributed by atoms with Crippen molar-refractivity contribution in [2.45, 2.75) is 13.8 Å². The van der Waals surface area contributed by atoms with Gasteiger partial charge in [-0.05, 0) is 13.8 Å². The molecule has 0 saturated carbocycles. The fourth-order valence-corrected chi connectivity index (χ4v) is 0.713. The van der Waals surface area contributed by atoms with Crippen molar-refractivity contribution in [1.29, 1.82) is 0 Å². The molecule has 0 saturated heterocycles. The molecule has 0 heterocycles. The van der Waals surface area contributed by atoms with Gasteiger partial charge in [-0.15, -0.1) is 0 Å². The van der Waals surface area contributed by atoms with Crippen molar-refractivity contribution in [2.24, 2.45) is 15.5 Å². The van der Waals surface area contributed by atoms with E-state index in [1.165, 1.54) is 14.2 Å². The van der Waals surface area contributed by atoms with Crippen molar-refractivity contribution in [1.82, 2.24) is 0 Å². The second-order valence-electron chi connectivity index (χ2n) is 2.17. The third-order valence-corrected chi connectivity index (χ3v) is 1.25. The number of oxime groups is 3. The number of rotatable bonds is 4. The summed E-state index contributed by atoms with van der Waals surface area (Å²) in [6, 6.07) is 0. The molecule has 0 radical (unpaired) electrons. The molecule has 0 atom stereocenters. The molecule has 1 N–H and O–H groups in total. The van der Waals surface area contributed by atoms with E-state index in [9.17, 15) is 0 Å². The van der Waals surface area contributed by atoms with Gasteiger partial charge in [0.15, 0.2) is 5.71 Å². The first-order valence-electron chi connectivity index (χ1n) is 3.55. The lowest BCUT2D eigenvalue weighted by Crippen LogP contribution is -2.20. The molecule has 6 nitrogen and oxygen atoms in total. The average molecular weight is 187 g/mol. The lowest BCUT2D eigenvalue weighted by atomic mass is 10.2. The van der Waals surface area contributed by atoms with Crippen molar-refractivity contribution >= 4 is 17.1 Å². The molecule has 0 aromatic heterocycles. The molecule has 6 heteroatoms. The van der Waals surface area contributed by atoms with Gasteiger partial charge in [-0.1, -0.05) is 15.5 Å². The van der Waals surface area contributed by atoms with Crippen LogP contribution in [0.2, 0.25) is 0 Å². The SMILES string of the molecule is CON=C(C)C(=NOC)C(C)=NO. The summed E-state index contributed by atoms with van der Waals surface area (Å²) in [5.74, 6) is 0. The van der Waals surface area contributed by atoms with Gasteiger partial charge >= 0.3 is 0 Å². The highest BCUT2D eigenvalue weighted by Crippen LogP contribution is 1.91. The minimum atomic E-state index is 0.306. The molecule has 0 aromatic carbocycles. The predicted octanol–water partition coefficient (Wildman–Crippen LogP) is 0.861. The number of hydrogen-bond acceptors (Lipinski definition) is 6. The van der Waals surface area contributed by atoms with Gasteiger partial charge in [0.25, 0.3) is 0 Å². The van der Waals surface area contributed by atoms with Gasteiger partial charge in [0, 0.05) is 0 Å². The average Bonchev–Trinajstić information content (AvgIpc) is 2.13. The molecule has 74 valence electrons. The van der Waals surface area contributed by atoms with Crippen LogP contribution in [0.3, 0.4) is 0 Å². The Morgan fingerprint density at radius 3 is 1.92 bits per heavy atom. The van der Waals surface area contributed by atoms with Crippen LogP contribution >= 0.6 is 0 Å². The maximum atomic E-state index is 8.50. The Labute approximate surface area is 76.5 Å². The summed E-state index contributed by atoms with van der Waals surface area (Å²) in [7, 11) is 2.81. The molecule has 0 aliphatic carbocycles. The van der Waals surface area contributed by atoms with Crippen LogP contribution in [0.5, 0.6) is 0 Å². The van der Waals surface area contributed by atoms with E-state index in [0.717, 1.165) is 0 Å². The van der Waals surface area contributed by atoms with Crippen LogP contribution in [0.25, 0.3) is 0 Å². The molecule has 0 fully saturated rings. The van der Waals surface area contributed by atoms with Gasteiger partial charge in [-0.25, -0.2) is 0 Å². The Kier molecular flexibility index (Phi) is 5.25. The zero-order valence-corrected chi connectivity index (χ0v) is 8.11. The second-order valence-corrected chi connectivity index (χ2v) is 2.17. The summed E-state index contributed by atoms with van der Waals surface area (Å²) in [5.41, 5.74) is 1.12. The summed E-state index contributed by atoms with van der Waals surface area (Å²) < 4.78 is 0. The van der Waals surface area contributed by atoms with Crippen molar-refractivity contribution < 1.29 is 14.9 Å². The predicted molar refractivity (Wildman–Crippen MR) is 49.5 cm³/mol. The first-order chi connectivity index (χ1) is 6.17. The lowest BCUT2D eigenvalue weighted by molar-refractivity contribution is 0.210. The lowest BCUT2D eigenvalue weighted by Gasteiger charge is -2.01. The molecular formula is C7H13N3O3. The van der Waals surface area contributed by atoms with E-state index in [2.05, 4.69) is 25.1 Å². The summed E-state index contributed by atoms with van der Waals surface area (Å²) in [6.45, 7) is 3.24. The van der Waals surface area contributed by atoms with Crippen molar-refractivity contribution in [3.63, 3.8) is 0 Å². The number of hydrogen-bond donors (Lipinski definition) is 1. The van der Waals surface area contributed by atoms with Crippen LogP contribution < -0.4 is 0 Å². The topological polar surface area (TPSA) is 75.8 Å². The van der Waals surface area contributed by atoms with E-state index in [1.54, 1.807) is 13.8 Å². The third-order valence-electron chi connectivity index (χ3n) is 1.25. The van der Waals surface area contributed by atoms with Crippen LogP contribution in [-0.2, 0) is 9.68 Å². The summed E-state index contributed by atoms with van der Waals surface area (Å²) in [4.78, 5) is 9.09. The first-order valence-corrected chi connectivity index (χ1v) is 3.55. The van der Waals surface area contributed by atoms with Crippen molar-refractivity contribution in [3.8, 4) is 0 Å². The van der Waals surface area contributed by atoms with E-state index in [1.807, 2.05) is 0 Å². The molecular weight excluding hydrogens is 174 g/mol. The van der Waals surface area contributed by atoms with Crippen molar-refractivity contribution in [3.05, 3.63) is 0 Å². The van der Waals surface area contributed by atoms with E-state index in [4.69, 9.17) is 5.21 Å². The Morgan fingerprint density at radius 2 is 1.54 bits per heavy atom. The molecule has 0 aliphatic rings. The van der Waals surface area contributed by atoms with E-state index in [-0.39, 0.29) is 0 Å². The normalized spacial score (nSPS) is 14.3. The fraction of sp³-hybridized carbons (Fsp3) is 0.571. The maximum absolute atomic E-state index is 8.50. The highest BCUT2D eigenvalue weighted by Gasteiger charge is 2.10. The minimum absolute atomic E-state index is 0.306. The van der Waals surface area contributed by atoms with Gasteiger partial charge in [-0.3, -0.25) is 0 Å². The first kappa shape index (κ1) is 11.4. The zero-order chi connectivity index (χ0) is 10.3. The van der Waals surface area contributed by atoms with Crippen LogP contribution in [0.4, 0.5) is 0 Å². The quantitative estimate of drug-likeness (QED) is 0.403. The zero-order valence-electron chi connectivity index (χ0n) is 8.11. The Bertz CT molecular complexity index is 245. The molecule has 0 spiro atoms. The van der Waals surface area contributed by atoms with Crippen LogP contribution in [0, 0.1) is 0 Å². The van der Waals surface area contributed by atoms with E-state index >= 15 is 0 Å². The molecule has 0 amide bonds. The van der Waals surface area contributed by atoms with Crippen LogP contribution in [0.15, 0.2) is 15.5 Å². The third kappa shape index (κ3) is 3.55. The molecule has 0 aliphatic heterocycles. The maximum Gasteiger partial charge on any atom is 0.151 e. The highest BCUT2D eigenvalue weighted by molar-refractivity contribution is 6.67. The molecule has 0 bridgehead atoms. The second kappa shape index (κ2) is 5.99. The van der Waals surface area contributed by atoms with Crippen LogP contribution in [-0.4, -0.2) is 36.6 Å². The molecule has 0 unspecified atom stereocenters. The van der Waals surface area contributed by atoms with Gasteiger partial charge in [-0.2, -0.15) is 0 Å². The molecule has 13 heavy (non-hydrogen) atoms. The van der Waals surface area contributed by atoms with E-state index < -0.39 is 0 Å². The molecule has 0 rings (SSSR count). The number of nitrogens with zero attached hydrogens (tertiary/aromatic N) is 3. The van der Waals surface area contributed by atoms with Gasteiger partial charge in [0.1, 0.15) is 25.6 Å². The van der Waals surface area contributed by atoms with Crippen molar-refractivity contribution in [2.75, 3.05) is 14.2 Å². The minimum Gasteiger partial charge on any atom is -0.411 e. The van der Waals surface area contributed by atoms with Gasteiger partial charge in [0.05, 0.1) is 0 Å². The van der Waals surface area contributed by atoms with E-state index in [0.29, 0.717) is 17.1 Å². The Balaban J connectivity index is 4.83. The highest BCUT2D eigenvalue weighted by atomic mass is 16.6. The van der Waals surface area contributed by atoms with Crippen LogP contribution in [0.1, 0.15) is 13.8 Å². The summed E-state index contributed by atoms with van der Waals surface area (Å²) >= 11 is 0. The summed E-state index contributed by atoms with van der Waals surface area (Å²) in [6.07, 6.45) is 0. The van der Waals surface area contributed by atoms with Gasteiger partial charge in [0.2, 0.25) is 0 Å². The standard InChI is InChI=1S/C7H13N3O3/c1-5(8-11)7(10-13-4)6(2)9-12-3/h11H,1-4H3. The smallest absolute Gasteiger partial charge is 0.151 e. The molecule has 0 aromatic rings. The Morgan fingerprint density at radius 1 is 1.00 bits per heavy atom. The van der Waals surface area contributed by atoms with Gasteiger partial charge < -0.3 is 14.9 Å². The fourth-order valence-electron chi connectivity index (χ4n) is 0.713.